The number of aryl methyl sites for hydroxylation is 1. The maximum absolute atomic E-state index is 13.6. The van der Waals surface area contributed by atoms with Crippen LogP contribution in [0.5, 0.6) is 0 Å². The molecule has 2 fully saturated rings. The predicted octanol–water partition coefficient (Wildman–Crippen LogP) is 3.62. The van der Waals surface area contributed by atoms with E-state index in [2.05, 4.69) is 11.8 Å². The second kappa shape index (κ2) is 9.33. The molecule has 0 aliphatic carbocycles. The Kier molecular flexibility index (Phi) is 6.69. The molecule has 7 nitrogen and oxygen atoms in total. The van der Waals surface area contributed by atoms with E-state index in [1.807, 2.05) is 32.9 Å². The normalized spacial score (nSPS) is 23.1. The first-order valence-corrected chi connectivity index (χ1v) is 12.2. The summed E-state index contributed by atoms with van der Waals surface area (Å²) in [7, 11) is 0. The summed E-state index contributed by atoms with van der Waals surface area (Å²) < 4.78 is 7.97. The van der Waals surface area contributed by atoms with E-state index in [0.29, 0.717) is 45.9 Å². The molecular formula is C23H28N4O3S2. The molecule has 0 bridgehead atoms. The maximum atomic E-state index is 13.6. The number of pyridine rings is 1. The third-order valence-corrected chi connectivity index (χ3v) is 6.97. The van der Waals surface area contributed by atoms with Gasteiger partial charge in [0.1, 0.15) is 15.8 Å². The fraction of sp³-hybridized carbons (Fsp3) is 0.478. The number of hydrogen-bond donors (Lipinski definition) is 0. The summed E-state index contributed by atoms with van der Waals surface area (Å²) in [6, 6.07) is 3.79. The lowest BCUT2D eigenvalue weighted by molar-refractivity contribution is -0.122. The molecule has 1 amide bonds. The number of anilines is 1. The van der Waals surface area contributed by atoms with Crippen LogP contribution in [0.25, 0.3) is 11.7 Å². The third-order valence-electron chi connectivity index (χ3n) is 5.59. The zero-order chi connectivity index (χ0) is 23.0. The van der Waals surface area contributed by atoms with E-state index < -0.39 is 0 Å². The molecule has 0 radical (unpaired) electrons. The molecule has 2 aromatic rings. The van der Waals surface area contributed by atoms with Crippen molar-refractivity contribution in [1.82, 2.24) is 14.3 Å². The van der Waals surface area contributed by atoms with Gasteiger partial charge in [-0.05, 0) is 44.9 Å². The SMILES string of the molecule is CCCCN1C(=O)/C(=C\c2c(N3CC(C)OC(C)C3)nc3ccc(C)cn3c2=O)SC1=S. The number of fused-ring (bicyclic) bond motifs is 1. The Morgan fingerprint density at radius 1 is 1.25 bits per heavy atom. The summed E-state index contributed by atoms with van der Waals surface area (Å²) in [6.07, 6.45) is 5.34. The van der Waals surface area contributed by atoms with Crippen molar-refractivity contribution in [3.63, 3.8) is 0 Å². The van der Waals surface area contributed by atoms with Gasteiger partial charge in [-0.3, -0.25) is 18.9 Å². The minimum absolute atomic E-state index is 0.0112. The fourth-order valence-corrected chi connectivity index (χ4v) is 5.40. The van der Waals surface area contributed by atoms with E-state index in [-0.39, 0.29) is 23.7 Å². The number of hydrogen-bond acceptors (Lipinski definition) is 7. The summed E-state index contributed by atoms with van der Waals surface area (Å²) in [6.45, 7) is 9.88. The molecule has 4 heterocycles. The van der Waals surface area contributed by atoms with E-state index in [9.17, 15) is 9.59 Å². The number of nitrogens with zero attached hydrogens (tertiary/aromatic N) is 4. The van der Waals surface area contributed by atoms with Crippen LogP contribution < -0.4 is 10.5 Å². The van der Waals surface area contributed by atoms with Crippen LogP contribution in [-0.4, -0.2) is 56.4 Å². The van der Waals surface area contributed by atoms with E-state index in [4.69, 9.17) is 21.9 Å². The molecule has 2 aromatic heterocycles. The van der Waals surface area contributed by atoms with Crippen LogP contribution in [0.1, 0.15) is 44.7 Å². The summed E-state index contributed by atoms with van der Waals surface area (Å²) in [5.74, 6) is 0.441. The Hall–Kier alpha value is -2.23. The topological polar surface area (TPSA) is 67.2 Å². The molecule has 2 atom stereocenters. The van der Waals surface area contributed by atoms with E-state index >= 15 is 0 Å². The Morgan fingerprint density at radius 3 is 2.66 bits per heavy atom. The van der Waals surface area contributed by atoms with Crippen LogP contribution >= 0.6 is 24.0 Å². The van der Waals surface area contributed by atoms with Gasteiger partial charge in [-0.2, -0.15) is 0 Å². The average Bonchev–Trinajstić information content (AvgIpc) is 3.00. The van der Waals surface area contributed by atoms with Gasteiger partial charge in [0.05, 0.1) is 22.7 Å². The van der Waals surface area contributed by atoms with Crippen molar-refractivity contribution in [3.05, 3.63) is 44.7 Å². The molecular weight excluding hydrogens is 444 g/mol. The number of thiocarbonyl (C=S) groups is 1. The van der Waals surface area contributed by atoms with E-state index in [1.165, 1.54) is 11.8 Å². The number of aromatic nitrogens is 2. The number of morpholine rings is 1. The lowest BCUT2D eigenvalue weighted by Crippen LogP contribution is -2.46. The summed E-state index contributed by atoms with van der Waals surface area (Å²) in [4.78, 5) is 35.7. The van der Waals surface area contributed by atoms with Crippen molar-refractivity contribution < 1.29 is 9.53 Å². The van der Waals surface area contributed by atoms with Gasteiger partial charge in [-0.25, -0.2) is 4.98 Å². The standard InChI is InChI=1S/C23H28N4O3S2/c1-5-6-9-26-22(29)18(32-23(26)31)10-17-20(25-12-15(3)30-16(4)13-25)24-19-8-7-14(2)11-27(19)21(17)28/h7-8,10-11,15-16H,5-6,9,12-13H2,1-4H3/b18-10+. The molecule has 170 valence electrons. The Labute approximate surface area is 197 Å². The molecule has 2 unspecified atom stereocenters. The van der Waals surface area contributed by atoms with Gasteiger partial charge < -0.3 is 9.64 Å². The smallest absolute Gasteiger partial charge is 0.267 e. The Bertz CT molecular complexity index is 1150. The van der Waals surface area contributed by atoms with Crippen molar-refractivity contribution in [2.24, 2.45) is 0 Å². The zero-order valence-electron chi connectivity index (χ0n) is 18.8. The predicted molar refractivity (Wildman–Crippen MR) is 133 cm³/mol. The molecule has 0 spiro atoms. The Balaban J connectivity index is 1.84. The lowest BCUT2D eigenvalue weighted by Gasteiger charge is -2.36. The maximum Gasteiger partial charge on any atom is 0.267 e. The van der Waals surface area contributed by atoms with Gasteiger partial charge in [0.25, 0.3) is 11.5 Å². The molecule has 4 rings (SSSR count). The number of carbonyl (C=O) groups excluding carboxylic acids is 1. The van der Waals surface area contributed by atoms with Crippen molar-refractivity contribution in [2.45, 2.75) is 52.7 Å². The monoisotopic (exact) mass is 472 g/mol. The highest BCUT2D eigenvalue weighted by molar-refractivity contribution is 8.26. The molecule has 2 aliphatic heterocycles. The largest absolute Gasteiger partial charge is 0.372 e. The number of rotatable bonds is 5. The van der Waals surface area contributed by atoms with Crippen molar-refractivity contribution >= 4 is 51.7 Å². The molecule has 0 aromatic carbocycles. The van der Waals surface area contributed by atoms with Gasteiger partial charge in [0.15, 0.2) is 0 Å². The highest BCUT2D eigenvalue weighted by Gasteiger charge is 2.33. The first-order valence-electron chi connectivity index (χ1n) is 11.0. The van der Waals surface area contributed by atoms with Crippen LogP contribution in [-0.2, 0) is 9.53 Å². The Morgan fingerprint density at radius 2 is 1.97 bits per heavy atom. The third kappa shape index (κ3) is 4.46. The van der Waals surface area contributed by atoms with E-state index in [0.717, 1.165) is 18.4 Å². The number of ether oxygens (including phenoxy) is 1. The minimum Gasteiger partial charge on any atom is -0.372 e. The molecule has 0 N–H and O–H groups in total. The van der Waals surface area contributed by atoms with Crippen LogP contribution in [0.15, 0.2) is 28.0 Å². The lowest BCUT2D eigenvalue weighted by atomic mass is 10.1. The van der Waals surface area contributed by atoms with Gasteiger partial charge >= 0.3 is 0 Å². The molecule has 9 heteroatoms. The molecule has 32 heavy (non-hydrogen) atoms. The van der Waals surface area contributed by atoms with Gasteiger partial charge in [0, 0.05) is 25.8 Å². The first-order chi connectivity index (χ1) is 15.3. The average molecular weight is 473 g/mol. The van der Waals surface area contributed by atoms with Crippen LogP contribution in [0.4, 0.5) is 5.82 Å². The number of amides is 1. The van der Waals surface area contributed by atoms with Gasteiger partial charge in [-0.15, -0.1) is 0 Å². The van der Waals surface area contributed by atoms with E-state index in [1.54, 1.807) is 21.6 Å². The second-order valence-electron chi connectivity index (χ2n) is 8.44. The van der Waals surface area contributed by atoms with Crippen molar-refractivity contribution in [1.29, 1.82) is 0 Å². The number of carbonyl (C=O) groups is 1. The number of unbranched alkanes of at least 4 members (excludes halogenated alkanes) is 1. The summed E-state index contributed by atoms with van der Waals surface area (Å²) >= 11 is 6.69. The van der Waals surface area contributed by atoms with Crippen molar-refractivity contribution in [2.75, 3.05) is 24.5 Å². The van der Waals surface area contributed by atoms with Gasteiger partial charge in [0.2, 0.25) is 0 Å². The number of thioether (sulfide) groups is 1. The van der Waals surface area contributed by atoms with Crippen molar-refractivity contribution in [3.8, 4) is 0 Å². The second-order valence-corrected chi connectivity index (χ2v) is 10.1. The van der Waals surface area contributed by atoms with Crippen LogP contribution in [0.2, 0.25) is 0 Å². The van der Waals surface area contributed by atoms with Crippen LogP contribution in [0.3, 0.4) is 0 Å². The highest BCUT2D eigenvalue weighted by Crippen LogP contribution is 2.34. The molecule has 2 saturated heterocycles. The van der Waals surface area contributed by atoms with Gasteiger partial charge in [-0.1, -0.05) is 43.4 Å². The quantitative estimate of drug-likeness (QED) is 0.486. The highest BCUT2D eigenvalue weighted by atomic mass is 32.2. The summed E-state index contributed by atoms with van der Waals surface area (Å²) in [5.41, 5.74) is 1.75. The molecule has 0 saturated carbocycles. The zero-order valence-corrected chi connectivity index (χ0v) is 20.5. The minimum atomic E-state index is -0.195. The first kappa shape index (κ1) is 22.9. The fourth-order valence-electron chi connectivity index (χ4n) is 4.11. The van der Waals surface area contributed by atoms with Crippen LogP contribution in [0, 0.1) is 6.92 Å². The summed E-state index contributed by atoms with van der Waals surface area (Å²) in [5, 5.41) is 0. The molecule has 2 aliphatic rings.